The van der Waals surface area contributed by atoms with Gasteiger partial charge < -0.3 is 9.80 Å². The fourth-order valence-corrected chi connectivity index (χ4v) is 3.09. The van der Waals surface area contributed by atoms with Crippen molar-refractivity contribution in [2.45, 2.75) is 6.18 Å². The summed E-state index contributed by atoms with van der Waals surface area (Å²) in [5.74, 6) is 0.742. The van der Waals surface area contributed by atoms with E-state index in [1.165, 1.54) is 12.1 Å². The minimum Gasteiger partial charge on any atom is -0.351 e. The summed E-state index contributed by atoms with van der Waals surface area (Å²) in [6, 6.07) is 5.02. The van der Waals surface area contributed by atoms with Crippen molar-refractivity contribution >= 4 is 11.5 Å². The zero-order valence-electron chi connectivity index (χ0n) is 14.1. The molecule has 0 atom stereocenters. The molecule has 0 bridgehead atoms. The standard InChI is InChI=1S/C17H17F3N6/c1-24-6-8-25(9-7-24)15-16-23-22-11-26(16)14(10-21-15)12-2-4-13(5-3-12)17(18,19)20/h2-5,10-11H,6-9H2,1H3. The van der Waals surface area contributed by atoms with Crippen LogP contribution < -0.4 is 4.90 Å². The van der Waals surface area contributed by atoms with Crippen molar-refractivity contribution < 1.29 is 13.2 Å². The van der Waals surface area contributed by atoms with Crippen molar-refractivity contribution in [3.8, 4) is 11.3 Å². The Morgan fingerprint density at radius 3 is 2.35 bits per heavy atom. The van der Waals surface area contributed by atoms with Gasteiger partial charge in [-0.1, -0.05) is 12.1 Å². The quantitative estimate of drug-likeness (QED) is 0.701. The molecule has 136 valence electrons. The SMILES string of the molecule is CN1CCN(c2ncc(-c3ccc(C(F)(F)F)cc3)n3cnnc23)CC1. The van der Waals surface area contributed by atoms with E-state index in [4.69, 9.17) is 0 Å². The molecule has 0 aliphatic carbocycles. The molecule has 0 radical (unpaired) electrons. The maximum absolute atomic E-state index is 12.8. The molecule has 0 spiro atoms. The van der Waals surface area contributed by atoms with Crippen LogP contribution in [-0.2, 0) is 6.18 Å². The van der Waals surface area contributed by atoms with Crippen molar-refractivity contribution in [1.29, 1.82) is 0 Å². The number of piperazine rings is 1. The number of hydrogen-bond acceptors (Lipinski definition) is 5. The number of nitrogens with zero attached hydrogens (tertiary/aromatic N) is 6. The summed E-state index contributed by atoms with van der Waals surface area (Å²) in [7, 11) is 2.07. The Kier molecular flexibility index (Phi) is 4.03. The first-order valence-electron chi connectivity index (χ1n) is 8.23. The summed E-state index contributed by atoms with van der Waals surface area (Å²) in [4.78, 5) is 8.93. The molecule has 1 aliphatic heterocycles. The second kappa shape index (κ2) is 6.24. The van der Waals surface area contributed by atoms with Crippen LogP contribution in [0.5, 0.6) is 0 Å². The van der Waals surface area contributed by atoms with Gasteiger partial charge in [0, 0.05) is 31.7 Å². The number of hydrogen-bond donors (Lipinski definition) is 0. The monoisotopic (exact) mass is 362 g/mol. The van der Waals surface area contributed by atoms with Crippen LogP contribution in [0.3, 0.4) is 0 Å². The molecule has 1 fully saturated rings. The van der Waals surface area contributed by atoms with Crippen LogP contribution in [0.1, 0.15) is 5.56 Å². The van der Waals surface area contributed by atoms with Crippen molar-refractivity contribution in [2.24, 2.45) is 0 Å². The summed E-state index contributed by atoms with van der Waals surface area (Å²) >= 11 is 0. The third-order valence-corrected chi connectivity index (χ3v) is 4.63. The van der Waals surface area contributed by atoms with E-state index in [1.807, 2.05) is 0 Å². The van der Waals surface area contributed by atoms with Gasteiger partial charge in [-0.15, -0.1) is 10.2 Å². The molecule has 0 saturated carbocycles. The van der Waals surface area contributed by atoms with E-state index in [0.29, 0.717) is 16.9 Å². The summed E-state index contributed by atoms with van der Waals surface area (Å²) in [5.41, 5.74) is 1.20. The van der Waals surface area contributed by atoms with Gasteiger partial charge >= 0.3 is 6.18 Å². The van der Waals surface area contributed by atoms with Gasteiger partial charge in [0.05, 0.1) is 17.5 Å². The van der Waals surface area contributed by atoms with Gasteiger partial charge in [-0.3, -0.25) is 4.40 Å². The van der Waals surface area contributed by atoms with E-state index >= 15 is 0 Å². The van der Waals surface area contributed by atoms with Crippen LogP contribution in [0.15, 0.2) is 36.8 Å². The number of rotatable bonds is 2. The summed E-state index contributed by atoms with van der Waals surface area (Å²) in [6.07, 6.45) is -1.13. The Morgan fingerprint density at radius 2 is 1.69 bits per heavy atom. The number of aromatic nitrogens is 4. The number of likely N-dealkylation sites (N-methyl/N-ethyl adjacent to an activating group) is 1. The lowest BCUT2D eigenvalue weighted by Crippen LogP contribution is -2.45. The molecule has 2 aromatic heterocycles. The van der Waals surface area contributed by atoms with Crippen LogP contribution in [0, 0.1) is 0 Å². The Hall–Kier alpha value is -2.68. The van der Waals surface area contributed by atoms with Crippen LogP contribution in [0.4, 0.5) is 19.0 Å². The fourth-order valence-electron chi connectivity index (χ4n) is 3.09. The van der Waals surface area contributed by atoms with Crippen molar-refractivity contribution in [3.05, 3.63) is 42.4 Å². The Labute approximate surface area is 147 Å². The topological polar surface area (TPSA) is 49.6 Å². The van der Waals surface area contributed by atoms with Gasteiger partial charge in [0.25, 0.3) is 0 Å². The van der Waals surface area contributed by atoms with E-state index in [0.717, 1.165) is 44.1 Å². The van der Waals surface area contributed by atoms with Gasteiger partial charge in [-0.05, 0) is 19.2 Å². The number of halogens is 3. The fraction of sp³-hybridized carbons (Fsp3) is 0.353. The normalized spacial score (nSPS) is 16.4. The minimum absolute atomic E-state index is 0.604. The van der Waals surface area contributed by atoms with E-state index in [-0.39, 0.29) is 0 Å². The number of benzene rings is 1. The lowest BCUT2D eigenvalue weighted by molar-refractivity contribution is -0.137. The molecule has 0 amide bonds. The Balaban J connectivity index is 1.72. The smallest absolute Gasteiger partial charge is 0.351 e. The first kappa shape index (κ1) is 16.8. The Morgan fingerprint density at radius 1 is 1.00 bits per heavy atom. The summed E-state index contributed by atoms with van der Waals surface area (Å²) in [6.45, 7) is 3.54. The molecule has 1 aliphatic rings. The van der Waals surface area contributed by atoms with Crippen molar-refractivity contribution in [2.75, 3.05) is 38.1 Å². The molecule has 6 nitrogen and oxygen atoms in total. The molecular weight excluding hydrogens is 345 g/mol. The molecule has 26 heavy (non-hydrogen) atoms. The van der Waals surface area contributed by atoms with Crippen LogP contribution >= 0.6 is 0 Å². The van der Waals surface area contributed by atoms with E-state index in [2.05, 4.69) is 32.0 Å². The molecule has 1 saturated heterocycles. The van der Waals surface area contributed by atoms with Crippen LogP contribution in [0.25, 0.3) is 16.9 Å². The summed E-state index contributed by atoms with van der Waals surface area (Å²) in [5, 5.41) is 8.14. The zero-order valence-corrected chi connectivity index (χ0v) is 14.1. The molecule has 0 unspecified atom stereocenters. The first-order chi connectivity index (χ1) is 12.4. The largest absolute Gasteiger partial charge is 0.416 e. The molecule has 1 aromatic carbocycles. The van der Waals surface area contributed by atoms with E-state index in [9.17, 15) is 13.2 Å². The lowest BCUT2D eigenvalue weighted by atomic mass is 10.1. The van der Waals surface area contributed by atoms with Gasteiger partial charge in [0.1, 0.15) is 6.33 Å². The highest BCUT2D eigenvalue weighted by Gasteiger charge is 2.30. The molecule has 3 aromatic rings. The average molecular weight is 362 g/mol. The molecule has 4 rings (SSSR count). The van der Waals surface area contributed by atoms with Crippen molar-refractivity contribution in [1.82, 2.24) is 24.5 Å². The predicted molar refractivity (Wildman–Crippen MR) is 90.9 cm³/mol. The molecular formula is C17H17F3N6. The van der Waals surface area contributed by atoms with Gasteiger partial charge in [0.2, 0.25) is 5.65 Å². The Bertz CT molecular complexity index is 910. The third-order valence-electron chi connectivity index (χ3n) is 4.63. The third kappa shape index (κ3) is 2.98. The second-order valence-corrected chi connectivity index (χ2v) is 6.36. The maximum atomic E-state index is 12.8. The van der Waals surface area contributed by atoms with Gasteiger partial charge in [-0.2, -0.15) is 13.2 Å². The highest BCUT2D eigenvalue weighted by atomic mass is 19.4. The van der Waals surface area contributed by atoms with Crippen LogP contribution in [0.2, 0.25) is 0 Å². The number of fused-ring (bicyclic) bond motifs is 1. The van der Waals surface area contributed by atoms with Crippen LogP contribution in [-0.4, -0.2) is 57.7 Å². The predicted octanol–water partition coefficient (Wildman–Crippen LogP) is 2.56. The molecule has 3 heterocycles. The second-order valence-electron chi connectivity index (χ2n) is 6.36. The molecule has 0 N–H and O–H groups in total. The number of alkyl halides is 3. The maximum Gasteiger partial charge on any atom is 0.416 e. The first-order valence-corrected chi connectivity index (χ1v) is 8.23. The number of anilines is 1. The lowest BCUT2D eigenvalue weighted by Gasteiger charge is -2.33. The van der Waals surface area contributed by atoms with E-state index in [1.54, 1.807) is 16.9 Å². The average Bonchev–Trinajstić information content (AvgIpc) is 3.11. The van der Waals surface area contributed by atoms with Gasteiger partial charge in [0.15, 0.2) is 5.82 Å². The molecule has 9 heteroatoms. The zero-order chi connectivity index (χ0) is 18.3. The minimum atomic E-state index is -4.35. The summed E-state index contributed by atoms with van der Waals surface area (Å²) < 4.78 is 40.1. The van der Waals surface area contributed by atoms with Crippen molar-refractivity contribution in [3.63, 3.8) is 0 Å². The van der Waals surface area contributed by atoms with Gasteiger partial charge in [-0.25, -0.2) is 4.98 Å². The highest BCUT2D eigenvalue weighted by molar-refractivity contribution is 5.70. The van der Waals surface area contributed by atoms with E-state index < -0.39 is 11.7 Å². The highest BCUT2D eigenvalue weighted by Crippen LogP contribution is 2.31.